The highest BCUT2D eigenvalue weighted by molar-refractivity contribution is 7.99. The van der Waals surface area contributed by atoms with Crippen LogP contribution in [0.25, 0.3) is 11.0 Å². The molecule has 0 radical (unpaired) electrons. The fourth-order valence-corrected chi connectivity index (χ4v) is 3.48. The van der Waals surface area contributed by atoms with E-state index in [1.165, 1.54) is 12.1 Å². The summed E-state index contributed by atoms with van der Waals surface area (Å²) < 4.78 is 36.0. The van der Waals surface area contributed by atoms with Crippen LogP contribution in [0, 0.1) is 0 Å². The van der Waals surface area contributed by atoms with Gasteiger partial charge < -0.3 is 14.5 Å². The number of carbonyl (C=O) groups is 1. The van der Waals surface area contributed by atoms with Gasteiger partial charge in [-0.2, -0.15) is 8.78 Å². The number of hydrogen-bond acceptors (Lipinski definition) is 5. The summed E-state index contributed by atoms with van der Waals surface area (Å²) in [4.78, 5) is 24.2. The average Bonchev–Trinajstić information content (AvgIpc) is 2.67. The highest BCUT2D eigenvalue weighted by Gasteiger charge is 2.13. The lowest BCUT2D eigenvalue weighted by atomic mass is 10.1. The molecule has 0 saturated heterocycles. The van der Waals surface area contributed by atoms with Gasteiger partial charge in [0.15, 0.2) is 6.61 Å². The van der Waals surface area contributed by atoms with Crippen LogP contribution >= 0.6 is 11.8 Å². The van der Waals surface area contributed by atoms with Gasteiger partial charge in [0, 0.05) is 22.4 Å². The number of carbonyl (C=O) groups excluding carboxylic acids is 1. The number of hydrogen-bond donors (Lipinski definition) is 1. The zero-order valence-corrected chi connectivity index (χ0v) is 16.4. The maximum absolute atomic E-state index is 12.6. The molecule has 152 valence electrons. The molecule has 8 heteroatoms. The first-order valence-corrected chi connectivity index (χ1v) is 9.87. The van der Waals surface area contributed by atoms with Crippen LogP contribution in [0.3, 0.4) is 0 Å². The number of benzene rings is 2. The van der Waals surface area contributed by atoms with Gasteiger partial charge in [-0.05, 0) is 36.2 Å². The number of aryl methyl sites for hydroxylation is 1. The molecule has 0 spiro atoms. The van der Waals surface area contributed by atoms with Crippen molar-refractivity contribution >= 4 is 34.3 Å². The molecule has 0 aliphatic rings. The van der Waals surface area contributed by atoms with Crippen LogP contribution in [-0.2, 0) is 11.2 Å². The van der Waals surface area contributed by atoms with Gasteiger partial charge in [-0.3, -0.25) is 4.79 Å². The van der Waals surface area contributed by atoms with Gasteiger partial charge in [0.05, 0.1) is 5.69 Å². The Morgan fingerprint density at radius 3 is 2.76 bits per heavy atom. The van der Waals surface area contributed by atoms with Crippen LogP contribution in [0.5, 0.6) is 5.75 Å². The standard InChI is InChI=1S/C21H19F2NO4S/c1-2-5-13-10-20(26)28-17-11-14(8-9-15(13)17)27-12-19(25)24-16-6-3-4-7-18(16)29-21(22)23/h3-4,6-11,21H,2,5,12H2,1H3,(H,24,25). The number of halogens is 2. The van der Waals surface area contributed by atoms with Crippen molar-refractivity contribution in [1.82, 2.24) is 0 Å². The molecular weight excluding hydrogens is 400 g/mol. The molecule has 29 heavy (non-hydrogen) atoms. The van der Waals surface area contributed by atoms with Crippen molar-refractivity contribution in [2.75, 3.05) is 11.9 Å². The molecule has 0 saturated carbocycles. The van der Waals surface area contributed by atoms with E-state index >= 15 is 0 Å². The summed E-state index contributed by atoms with van der Waals surface area (Å²) >= 11 is 0.359. The average molecular weight is 419 g/mol. The monoisotopic (exact) mass is 419 g/mol. The summed E-state index contributed by atoms with van der Waals surface area (Å²) in [6.07, 6.45) is 1.64. The number of fused-ring (bicyclic) bond motifs is 1. The molecule has 1 N–H and O–H groups in total. The van der Waals surface area contributed by atoms with E-state index in [1.807, 2.05) is 6.92 Å². The highest BCUT2D eigenvalue weighted by Crippen LogP contribution is 2.31. The van der Waals surface area contributed by atoms with Crippen LogP contribution in [0.4, 0.5) is 14.5 Å². The Morgan fingerprint density at radius 1 is 1.21 bits per heavy atom. The molecule has 0 aliphatic heterocycles. The van der Waals surface area contributed by atoms with Gasteiger partial charge in [0.1, 0.15) is 11.3 Å². The molecule has 1 heterocycles. The topological polar surface area (TPSA) is 68.5 Å². The zero-order valence-electron chi connectivity index (χ0n) is 15.6. The minimum atomic E-state index is -2.59. The summed E-state index contributed by atoms with van der Waals surface area (Å²) in [5.74, 6) is -2.72. The van der Waals surface area contributed by atoms with E-state index in [-0.39, 0.29) is 11.5 Å². The molecule has 0 atom stereocenters. The van der Waals surface area contributed by atoms with Crippen molar-refractivity contribution in [3.05, 3.63) is 64.5 Å². The van der Waals surface area contributed by atoms with Crippen molar-refractivity contribution in [3.63, 3.8) is 0 Å². The van der Waals surface area contributed by atoms with Gasteiger partial charge in [0.2, 0.25) is 0 Å². The molecular formula is C21H19F2NO4S. The molecule has 0 unspecified atom stereocenters. The Morgan fingerprint density at radius 2 is 2.00 bits per heavy atom. The van der Waals surface area contributed by atoms with E-state index < -0.39 is 17.3 Å². The number of ether oxygens (including phenoxy) is 1. The predicted octanol–water partition coefficient (Wildman–Crippen LogP) is 5.08. The molecule has 0 fully saturated rings. The number of thioether (sulfide) groups is 1. The number of anilines is 1. The summed E-state index contributed by atoms with van der Waals surface area (Å²) in [6.45, 7) is 1.70. The number of para-hydroxylation sites is 1. The number of rotatable bonds is 8. The van der Waals surface area contributed by atoms with Crippen molar-refractivity contribution < 1.29 is 22.7 Å². The second kappa shape index (κ2) is 9.56. The highest BCUT2D eigenvalue weighted by atomic mass is 32.2. The van der Waals surface area contributed by atoms with E-state index in [0.29, 0.717) is 28.8 Å². The van der Waals surface area contributed by atoms with Gasteiger partial charge >= 0.3 is 5.63 Å². The number of alkyl halides is 2. The third-order valence-corrected chi connectivity index (χ3v) is 4.86. The lowest BCUT2D eigenvalue weighted by Crippen LogP contribution is -2.20. The Kier molecular flexibility index (Phi) is 6.87. The first-order valence-electron chi connectivity index (χ1n) is 8.99. The molecule has 2 aromatic carbocycles. The van der Waals surface area contributed by atoms with Crippen LogP contribution in [-0.4, -0.2) is 18.3 Å². The second-order valence-corrected chi connectivity index (χ2v) is 7.24. The van der Waals surface area contributed by atoms with Crippen molar-refractivity contribution in [1.29, 1.82) is 0 Å². The van der Waals surface area contributed by atoms with Gasteiger partial charge in [-0.1, -0.05) is 37.2 Å². The molecule has 1 amide bonds. The van der Waals surface area contributed by atoms with E-state index in [4.69, 9.17) is 9.15 Å². The summed E-state index contributed by atoms with van der Waals surface area (Å²) in [5.41, 5.74) is 1.14. The van der Waals surface area contributed by atoms with Gasteiger partial charge in [-0.15, -0.1) is 0 Å². The molecule has 0 bridgehead atoms. The lowest BCUT2D eigenvalue weighted by molar-refractivity contribution is -0.118. The van der Waals surface area contributed by atoms with Crippen molar-refractivity contribution in [3.8, 4) is 5.75 Å². The zero-order chi connectivity index (χ0) is 20.8. The Bertz CT molecular complexity index is 1070. The minimum Gasteiger partial charge on any atom is -0.484 e. The van der Waals surface area contributed by atoms with E-state index in [1.54, 1.807) is 36.4 Å². The molecule has 0 aliphatic carbocycles. The number of amides is 1. The second-order valence-electron chi connectivity index (χ2n) is 6.21. The fourth-order valence-electron chi connectivity index (χ4n) is 2.88. The molecule has 3 rings (SSSR count). The normalized spacial score (nSPS) is 11.0. The van der Waals surface area contributed by atoms with Crippen LogP contribution in [0.15, 0.2) is 62.6 Å². The third-order valence-electron chi connectivity index (χ3n) is 4.07. The predicted molar refractivity (Wildman–Crippen MR) is 109 cm³/mol. The van der Waals surface area contributed by atoms with E-state index in [9.17, 15) is 18.4 Å². The smallest absolute Gasteiger partial charge is 0.336 e. The summed E-state index contributed by atoms with van der Waals surface area (Å²) in [5, 5.41) is 3.39. The SMILES string of the molecule is CCCc1cc(=O)oc2cc(OCC(=O)Nc3ccccc3SC(F)F)ccc12. The van der Waals surface area contributed by atoms with Crippen molar-refractivity contribution in [2.45, 2.75) is 30.4 Å². The fraction of sp³-hybridized carbons (Fsp3) is 0.238. The van der Waals surface area contributed by atoms with Gasteiger partial charge in [-0.25, -0.2) is 4.79 Å². The first-order chi connectivity index (χ1) is 14.0. The van der Waals surface area contributed by atoms with E-state index in [2.05, 4.69) is 5.32 Å². The maximum Gasteiger partial charge on any atom is 0.336 e. The molecule has 1 aromatic heterocycles. The largest absolute Gasteiger partial charge is 0.484 e. The van der Waals surface area contributed by atoms with Crippen molar-refractivity contribution in [2.24, 2.45) is 0 Å². The van der Waals surface area contributed by atoms with Crippen LogP contribution in [0.1, 0.15) is 18.9 Å². The van der Waals surface area contributed by atoms with Gasteiger partial charge in [0.25, 0.3) is 11.7 Å². The quantitative estimate of drug-likeness (QED) is 0.407. The third kappa shape index (κ3) is 5.57. The summed E-state index contributed by atoms with van der Waals surface area (Å²) in [6, 6.07) is 12.8. The first kappa shape index (κ1) is 20.9. The molecule has 3 aromatic rings. The maximum atomic E-state index is 12.6. The Hall–Kier alpha value is -2.87. The summed E-state index contributed by atoms with van der Waals surface area (Å²) in [7, 11) is 0. The van der Waals surface area contributed by atoms with E-state index in [0.717, 1.165) is 23.8 Å². The Labute approximate surface area is 170 Å². The van der Waals surface area contributed by atoms with Crippen LogP contribution < -0.4 is 15.7 Å². The Balaban J connectivity index is 1.69. The van der Waals surface area contributed by atoms with Crippen LogP contribution in [0.2, 0.25) is 0 Å². The number of nitrogens with one attached hydrogen (secondary N) is 1. The lowest BCUT2D eigenvalue weighted by Gasteiger charge is -2.11. The minimum absolute atomic E-state index is 0.270. The molecule has 5 nitrogen and oxygen atoms in total.